The molecule has 2 aromatic rings. The van der Waals surface area contributed by atoms with Crippen molar-refractivity contribution in [3.05, 3.63) is 41.5 Å². The number of aliphatic imine (C=N–C) groups is 1. The number of para-hydroxylation sites is 1. The molecule has 1 aromatic heterocycles. The van der Waals surface area contributed by atoms with Crippen molar-refractivity contribution in [1.29, 1.82) is 0 Å². The van der Waals surface area contributed by atoms with E-state index in [9.17, 15) is 0 Å². The first-order valence-electron chi connectivity index (χ1n) is 7.58. The number of aryl methyl sites for hydroxylation is 1. The largest absolute Gasteiger partial charge is 0.496 e. The first-order chi connectivity index (χ1) is 11.2. The lowest BCUT2D eigenvalue weighted by Crippen LogP contribution is -2.39. The van der Waals surface area contributed by atoms with Gasteiger partial charge in [0, 0.05) is 26.6 Å². The van der Waals surface area contributed by atoms with E-state index in [4.69, 9.17) is 9.26 Å². The number of ether oxygens (including phenoxy) is 1. The number of hydrogen-bond acceptors (Lipinski definition) is 5. The minimum absolute atomic E-state index is 0.625. The number of rotatable bonds is 7. The molecule has 1 aromatic carbocycles. The van der Waals surface area contributed by atoms with Crippen LogP contribution in [0, 0.1) is 6.92 Å². The molecule has 0 saturated heterocycles. The van der Waals surface area contributed by atoms with E-state index in [1.165, 1.54) is 5.56 Å². The molecule has 7 nitrogen and oxygen atoms in total. The molecule has 0 spiro atoms. The highest BCUT2D eigenvalue weighted by Gasteiger charge is 2.04. The van der Waals surface area contributed by atoms with Gasteiger partial charge in [-0.2, -0.15) is 4.98 Å². The zero-order valence-corrected chi connectivity index (χ0v) is 13.8. The average Bonchev–Trinajstić information content (AvgIpc) is 2.99. The summed E-state index contributed by atoms with van der Waals surface area (Å²) in [6, 6.07) is 8.01. The van der Waals surface area contributed by atoms with Gasteiger partial charge >= 0.3 is 0 Å². The van der Waals surface area contributed by atoms with Crippen molar-refractivity contribution < 1.29 is 9.26 Å². The van der Waals surface area contributed by atoms with Gasteiger partial charge in [-0.1, -0.05) is 23.4 Å². The maximum atomic E-state index is 5.35. The fraction of sp³-hybridized carbons (Fsp3) is 0.438. The van der Waals surface area contributed by atoms with E-state index < -0.39 is 0 Å². The third kappa shape index (κ3) is 5.28. The predicted octanol–water partition coefficient (Wildman–Crippen LogP) is 1.34. The maximum absolute atomic E-state index is 5.35. The molecule has 0 aliphatic carbocycles. The minimum Gasteiger partial charge on any atom is -0.496 e. The molecule has 0 aliphatic rings. The van der Waals surface area contributed by atoms with E-state index in [1.54, 1.807) is 21.1 Å². The molecule has 124 valence electrons. The third-order valence-electron chi connectivity index (χ3n) is 3.30. The van der Waals surface area contributed by atoms with Crippen LogP contribution in [0.15, 0.2) is 33.8 Å². The number of guanidine groups is 1. The van der Waals surface area contributed by atoms with Crippen molar-refractivity contribution in [2.45, 2.75) is 19.8 Å². The Balaban J connectivity index is 1.72. The SMILES string of the molecule is CN=C(NCCc1nc(C)no1)NCCc1ccccc1OC. The number of nitrogens with one attached hydrogen (secondary N) is 2. The van der Waals surface area contributed by atoms with Crippen LogP contribution in [-0.2, 0) is 12.8 Å². The summed E-state index contributed by atoms with van der Waals surface area (Å²) in [6.07, 6.45) is 1.52. The van der Waals surface area contributed by atoms with E-state index >= 15 is 0 Å². The van der Waals surface area contributed by atoms with E-state index in [1.807, 2.05) is 18.2 Å². The predicted molar refractivity (Wildman–Crippen MR) is 88.8 cm³/mol. The first kappa shape index (κ1) is 16.8. The lowest BCUT2D eigenvalue weighted by molar-refractivity contribution is 0.374. The summed E-state index contributed by atoms with van der Waals surface area (Å²) in [5.74, 6) is 2.93. The molecular weight excluding hydrogens is 294 g/mol. The van der Waals surface area contributed by atoms with Crippen LogP contribution in [0.1, 0.15) is 17.3 Å². The fourth-order valence-electron chi connectivity index (χ4n) is 2.18. The summed E-state index contributed by atoms with van der Waals surface area (Å²) < 4.78 is 10.4. The maximum Gasteiger partial charge on any atom is 0.228 e. The molecular formula is C16H23N5O2. The Morgan fingerprint density at radius 3 is 2.61 bits per heavy atom. The minimum atomic E-state index is 0.625. The van der Waals surface area contributed by atoms with Crippen molar-refractivity contribution in [3.63, 3.8) is 0 Å². The van der Waals surface area contributed by atoms with E-state index in [2.05, 4.69) is 31.8 Å². The molecule has 7 heteroatoms. The molecule has 0 fully saturated rings. The zero-order chi connectivity index (χ0) is 16.5. The van der Waals surface area contributed by atoms with Gasteiger partial charge in [0.05, 0.1) is 7.11 Å². The van der Waals surface area contributed by atoms with E-state index in [-0.39, 0.29) is 0 Å². The van der Waals surface area contributed by atoms with Crippen LogP contribution in [0.5, 0.6) is 5.75 Å². The summed E-state index contributed by atoms with van der Waals surface area (Å²) >= 11 is 0. The second-order valence-corrected chi connectivity index (χ2v) is 4.97. The summed E-state index contributed by atoms with van der Waals surface area (Å²) in [5.41, 5.74) is 1.17. The monoisotopic (exact) mass is 317 g/mol. The van der Waals surface area contributed by atoms with Gasteiger partial charge in [0.25, 0.3) is 0 Å². The van der Waals surface area contributed by atoms with Crippen molar-refractivity contribution in [2.75, 3.05) is 27.2 Å². The summed E-state index contributed by atoms with van der Waals surface area (Å²) in [4.78, 5) is 8.36. The number of hydrogen-bond donors (Lipinski definition) is 2. The highest BCUT2D eigenvalue weighted by Crippen LogP contribution is 2.17. The molecule has 0 aliphatic heterocycles. The third-order valence-corrected chi connectivity index (χ3v) is 3.30. The van der Waals surface area contributed by atoms with Crippen molar-refractivity contribution in [1.82, 2.24) is 20.8 Å². The Kier molecular flexibility index (Phi) is 6.40. The van der Waals surface area contributed by atoms with Crippen molar-refractivity contribution in [2.24, 2.45) is 4.99 Å². The molecule has 2 rings (SSSR count). The van der Waals surface area contributed by atoms with Gasteiger partial charge in [0.15, 0.2) is 11.8 Å². The van der Waals surface area contributed by atoms with Gasteiger partial charge < -0.3 is 19.9 Å². The summed E-state index contributed by atoms with van der Waals surface area (Å²) in [5, 5.41) is 10.3. The van der Waals surface area contributed by atoms with Gasteiger partial charge in [-0.3, -0.25) is 4.99 Å². The summed E-state index contributed by atoms with van der Waals surface area (Å²) in [6.45, 7) is 3.24. The van der Waals surface area contributed by atoms with E-state index in [0.717, 1.165) is 24.7 Å². The molecule has 0 amide bonds. The van der Waals surface area contributed by atoms with Crippen LogP contribution in [0.4, 0.5) is 0 Å². The summed E-state index contributed by atoms with van der Waals surface area (Å²) in [7, 11) is 3.43. The Morgan fingerprint density at radius 1 is 1.22 bits per heavy atom. The van der Waals surface area contributed by atoms with Gasteiger partial charge in [-0.05, 0) is 25.0 Å². The number of nitrogens with zero attached hydrogens (tertiary/aromatic N) is 3. The fourth-order valence-corrected chi connectivity index (χ4v) is 2.18. The van der Waals surface area contributed by atoms with Crippen LogP contribution in [-0.4, -0.2) is 43.3 Å². The topological polar surface area (TPSA) is 84.6 Å². The molecule has 1 heterocycles. The Morgan fingerprint density at radius 2 is 1.96 bits per heavy atom. The standard InChI is InChI=1S/C16H23N5O2/c1-12-20-15(23-21-12)9-11-19-16(17-2)18-10-8-13-6-4-5-7-14(13)22-3/h4-7H,8-11H2,1-3H3,(H2,17,18,19). The van der Waals surface area contributed by atoms with Crippen LogP contribution >= 0.6 is 0 Å². The second kappa shape index (κ2) is 8.77. The van der Waals surface area contributed by atoms with Crippen molar-refractivity contribution in [3.8, 4) is 5.75 Å². The molecule has 0 bridgehead atoms. The Bertz CT molecular complexity index is 639. The lowest BCUT2D eigenvalue weighted by Gasteiger charge is -2.12. The number of methoxy groups -OCH3 is 1. The Labute approximate surface area is 136 Å². The van der Waals surface area contributed by atoms with Crippen LogP contribution in [0.2, 0.25) is 0 Å². The second-order valence-electron chi connectivity index (χ2n) is 4.97. The van der Waals surface area contributed by atoms with Crippen LogP contribution in [0.3, 0.4) is 0 Å². The molecule has 0 atom stereocenters. The highest BCUT2D eigenvalue weighted by molar-refractivity contribution is 5.79. The Hall–Kier alpha value is -2.57. The van der Waals surface area contributed by atoms with Crippen molar-refractivity contribution >= 4 is 5.96 Å². The van der Waals surface area contributed by atoms with Crippen LogP contribution in [0.25, 0.3) is 0 Å². The normalized spacial score (nSPS) is 11.3. The molecule has 0 radical (unpaired) electrons. The zero-order valence-electron chi connectivity index (χ0n) is 13.8. The van der Waals surface area contributed by atoms with Gasteiger partial charge in [-0.15, -0.1) is 0 Å². The lowest BCUT2D eigenvalue weighted by atomic mass is 10.1. The number of aromatic nitrogens is 2. The molecule has 0 unspecified atom stereocenters. The van der Waals surface area contributed by atoms with Gasteiger partial charge in [0.1, 0.15) is 5.75 Å². The molecule has 0 saturated carbocycles. The van der Waals surface area contributed by atoms with Gasteiger partial charge in [-0.25, -0.2) is 0 Å². The molecule has 23 heavy (non-hydrogen) atoms. The average molecular weight is 317 g/mol. The number of benzene rings is 1. The highest BCUT2D eigenvalue weighted by atomic mass is 16.5. The first-order valence-corrected chi connectivity index (χ1v) is 7.58. The quantitative estimate of drug-likeness (QED) is 0.592. The molecule has 2 N–H and O–H groups in total. The smallest absolute Gasteiger partial charge is 0.228 e. The van der Waals surface area contributed by atoms with Crippen LogP contribution < -0.4 is 15.4 Å². The van der Waals surface area contributed by atoms with E-state index in [0.29, 0.717) is 24.7 Å². The van der Waals surface area contributed by atoms with Gasteiger partial charge in [0.2, 0.25) is 5.89 Å².